The Bertz CT molecular complexity index is 3960. The number of aromatic nitrogens is 2. The highest BCUT2D eigenvalue weighted by atomic mass is 31.2. The van der Waals surface area contributed by atoms with Crippen LogP contribution < -0.4 is 41.0 Å². The Kier molecular flexibility index (Phi) is 21.9. The molecule has 6 aromatic rings. The molecule has 97 heavy (non-hydrogen) atoms. The Morgan fingerprint density at radius 3 is 2.24 bits per heavy atom. The summed E-state index contributed by atoms with van der Waals surface area (Å²) in [6, 6.07) is 38.6. The van der Waals surface area contributed by atoms with Gasteiger partial charge in [-0.1, -0.05) is 85.6 Å². The van der Waals surface area contributed by atoms with Gasteiger partial charge in [-0.2, -0.15) is 9.84 Å². The number of rotatable bonds is 30. The lowest BCUT2D eigenvalue weighted by Crippen LogP contribution is -2.44. The van der Waals surface area contributed by atoms with E-state index >= 15 is 0 Å². The number of unbranched alkanes of at least 4 members (excludes halogenated alkanes) is 2. The number of aryl methyl sites for hydroxylation is 1. The molecule has 0 spiro atoms. The number of amides is 2. The molecule has 0 saturated carbocycles. The summed E-state index contributed by atoms with van der Waals surface area (Å²) >= 11 is 0. The average molecular weight is 1340 g/mol. The van der Waals surface area contributed by atoms with E-state index in [1.807, 2.05) is 107 Å². The summed E-state index contributed by atoms with van der Waals surface area (Å²) < 4.78 is 57.6. The van der Waals surface area contributed by atoms with Gasteiger partial charge in [0.15, 0.2) is 12.3 Å². The smallest absolute Gasteiger partial charge is 0.330 e. The van der Waals surface area contributed by atoms with Gasteiger partial charge in [-0.05, 0) is 132 Å². The molecule has 1 saturated heterocycles. The SMILES string of the molecule is COc1ccc(C(OCC2O[C@@H](n3cc(C(=O)NCCOCCNC(=O)CCCCCC4(C)C5=[N+](CCC6Oc7c(cc8c9c7CCCN9CCC8)C=C56)c5ccccc54)c(=O)[nH]c3=O)CC2OP(OCCC#N)N(C(C)C)C(C)C)(c2ccccc2)c2ccc(OC)cc2)cc1. The van der Waals surface area contributed by atoms with Gasteiger partial charge >= 0.3 is 5.69 Å². The minimum Gasteiger partial charge on any atom is -0.497 e. The highest BCUT2D eigenvalue weighted by molar-refractivity contribution is 7.44. The summed E-state index contributed by atoms with van der Waals surface area (Å²) in [6.45, 7) is 14.4. The molecule has 2 amide bonds. The largest absolute Gasteiger partial charge is 0.497 e. The molecular weight excluding hydrogens is 1250 g/mol. The predicted octanol–water partition coefficient (Wildman–Crippen LogP) is 11.3. The van der Waals surface area contributed by atoms with Crippen LogP contribution in [0.15, 0.2) is 131 Å². The Balaban J connectivity index is 0.660. The molecule has 0 radical (unpaired) electrons. The maximum absolute atomic E-state index is 13.9. The lowest BCUT2D eigenvalue weighted by atomic mass is 9.71. The summed E-state index contributed by atoms with van der Waals surface area (Å²) in [6.07, 6.45) is 10.7. The quantitative estimate of drug-likeness (QED) is 0.0165. The second kappa shape index (κ2) is 30.8. The van der Waals surface area contributed by atoms with Gasteiger partial charge in [0.05, 0.1) is 70.2 Å². The minimum absolute atomic E-state index is 0.0243. The van der Waals surface area contributed by atoms with Gasteiger partial charge in [0, 0.05) is 92.2 Å². The maximum Gasteiger partial charge on any atom is 0.330 e. The van der Waals surface area contributed by atoms with Crippen LogP contribution in [-0.2, 0) is 51.9 Å². The van der Waals surface area contributed by atoms with E-state index in [1.54, 1.807) is 14.2 Å². The number of hydrogen-bond donors (Lipinski definition) is 3. The molecule has 7 heterocycles. The number of carbonyl (C=O) groups is 2. The van der Waals surface area contributed by atoms with Crippen molar-refractivity contribution in [3.05, 3.63) is 186 Å². The molecule has 1 aromatic heterocycles. The Morgan fingerprint density at radius 1 is 0.856 bits per heavy atom. The number of fused-ring (bicyclic) bond motifs is 6. The van der Waals surface area contributed by atoms with Crippen LogP contribution in [0.4, 0.5) is 11.4 Å². The van der Waals surface area contributed by atoms with Crippen molar-refractivity contribution >= 4 is 43.5 Å². The average Bonchev–Trinajstić information content (AvgIpc) is 1.61. The number of H-pyrrole nitrogens is 1. The monoisotopic (exact) mass is 1340 g/mol. The molecule has 6 atom stereocenters. The lowest BCUT2D eigenvalue weighted by molar-refractivity contribution is -0.444. The number of carbonyl (C=O) groups excluding carboxylic acids is 2. The number of para-hydroxylation sites is 1. The molecule has 5 aromatic carbocycles. The number of nitrogens with zero attached hydrogens (tertiary/aromatic N) is 5. The van der Waals surface area contributed by atoms with Crippen molar-refractivity contribution in [1.82, 2.24) is 24.9 Å². The summed E-state index contributed by atoms with van der Waals surface area (Å²) in [5, 5.41) is 15.3. The number of aromatic amines is 1. The molecule has 0 bridgehead atoms. The zero-order chi connectivity index (χ0) is 67.8. The Labute approximate surface area is 569 Å². The van der Waals surface area contributed by atoms with Crippen molar-refractivity contribution in [2.45, 2.75) is 159 Å². The van der Waals surface area contributed by atoms with Crippen molar-refractivity contribution in [2.75, 3.05) is 78.3 Å². The van der Waals surface area contributed by atoms with E-state index in [0.717, 1.165) is 87.0 Å². The van der Waals surface area contributed by atoms with E-state index in [4.69, 9.17) is 37.5 Å². The fourth-order valence-corrected chi connectivity index (χ4v) is 17.1. The third kappa shape index (κ3) is 14.5. The molecular formula is C76H92N8O12P+. The molecule has 5 unspecified atom stereocenters. The topological polar surface area (TPSA) is 220 Å². The van der Waals surface area contributed by atoms with Gasteiger partial charge in [0.1, 0.15) is 46.8 Å². The summed E-state index contributed by atoms with van der Waals surface area (Å²) in [4.78, 5) is 59.3. The summed E-state index contributed by atoms with van der Waals surface area (Å²) in [5.41, 5.74) is 9.88. The standard InChI is InChI=1S/C76H91N8O12P/c1-50(2)84(51(3)4)97(93-42-18-36-77)96-65-47-68(94-66(65)49-92-76(54-20-10-8-11-21-54,55-26-30-57(89-6)31-27-55)56-28-32-58(90-7)33-29-56)83-48-61(73(87)80-74(83)88)72(86)79-38-44-91-43-37-78-67(85)25-12-9-15-35-75(5)62-23-13-14-24-63(62)82-41-34-64-60(71(75)82)46-53-45-52-19-16-39-81-40-17-22-59(69(52)81)70(53)95-64/h8,10-11,13-14,20-21,23-24,26-33,45-46,48,50-51,64-66,68H,9,12,15-19,22,25,34-35,37-44,47,49H2,1-7H3,(H2-,78,79,80,85,86,87,88)/p+1/t64?,65?,66?,68-,75?,97?/m1/s1. The summed E-state index contributed by atoms with van der Waals surface area (Å²) in [5.74, 6) is 1.66. The number of methoxy groups -OCH3 is 2. The van der Waals surface area contributed by atoms with E-state index in [9.17, 15) is 24.4 Å². The fraction of sp³-hybridized carbons (Fsp3) is 0.474. The van der Waals surface area contributed by atoms with Crippen molar-refractivity contribution in [3.63, 3.8) is 0 Å². The molecule has 12 rings (SSSR count). The van der Waals surface area contributed by atoms with E-state index in [2.05, 4.69) is 79.2 Å². The molecule has 20 nitrogen and oxygen atoms in total. The van der Waals surface area contributed by atoms with Crippen LogP contribution in [0.5, 0.6) is 17.2 Å². The van der Waals surface area contributed by atoms with Crippen molar-refractivity contribution < 1.29 is 51.6 Å². The molecule has 512 valence electrons. The highest BCUT2D eigenvalue weighted by Crippen LogP contribution is 2.54. The van der Waals surface area contributed by atoms with Gasteiger partial charge in [0.25, 0.3) is 20.0 Å². The van der Waals surface area contributed by atoms with Crippen molar-refractivity contribution in [2.24, 2.45) is 0 Å². The van der Waals surface area contributed by atoms with E-state index < -0.39 is 49.7 Å². The number of nitriles is 1. The third-order valence-corrected chi connectivity index (χ3v) is 22.0. The fourth-order valence-electron chi connectivity index (χ4n) is 15.3. The number of ether oxygens (including phenoxy) is 6. The van der Waals surface area contributed by atoms with E-state index in [0.29, 0.717) is 24.5 Å². The number of benzene rings is 5. The minimum atomic E-state index is -1.82. The van der Waals surface area contributed by atoms with Crippen molar-refractivity contribution in [3.8, 4) is 23.3 Å². The molecule has 6 aliphatic rings. The normalized spacial score (nSPS) is 20.3. The second-order valence-corrected chi connectivity index (χ2v) is 28.1. The van der Waals surface area contributed by atoms with Crippen LogP contribution >= 0.6 is 8.53 Å². The van der Waals surface area contributed by atoms with Crippen molar-refractivity contribution in [1.29, 1.82) is 5.26 Å². The van der Waals surface area contributed by atoms with Crippen LogP contribution in [0, 0.1) is 11.3 Å². The molecule has 1 fully saturated rings. The highest BCUT2D eigenvalue weighted by Gasteiger charge is 2.55. The third-order valence-electron chi connectivity index (χ3n) is 19.8. The first-order valence-electron chi connectivity index (χ1n) is 34.6. The van der Waals surface area contributed by atoms with Crippen LogP contribution in [0.2, 0.25) is 0 Å². The first kappa shape index (κ1) is 68.9. The van der Waals surface area contributed by atoms with Gasteiger partial charge in [0.2, 0.25) is 11.6 Å². The van der Waals surface area contributed by atoms with Crippen LogP contribution in [-0.4, -0.2) is 140 Å². The summed E-state index contributed by atoms with van der Waals surface area (Å²) in [7, 11) is 1.40. The first-order valence-corrected chi connectivity index (χ1v) is 35.7. The van der Waals surface area contributed by atoms with Crippen LogP contribution in [0.25, 0.3) is 6.08 Å². The van der Waals surface area contributed by atoms with Gasteiger partial charge < -0.3 is 53.0 Å². The van der Waals surface area contributed by atoms with Crippen LogP contribution in [0.1, 0.15) is 154 Å². The van der Waals surface area contributed by atoms with Gasteiger partial charge in [-0.15, -0.1) is 0 Å². The Morgan fingerprint density at radius 2 is 1.54 bits per heavy atom. The number of anilines is 1. The van der Waals surface area contributed by atoms with Gasteiger partial charge in [-0.25, -0.2) is 9.46 Å². The van der Waals surface area contributed by atoms with E-state index in [-0.39, 0.29) is 80.9 Å². The van der Waals surface area contributed by atoms with E-state index in [1.165, 1.54) is 68.5 Å². The Hall–Kier alpha value is -7.99. The molecule has 6 aliphatic heterocycles. The van der Waals surface area contributed by atoms with Gasteiger partial charge in [-0.3, -0.25) is 23.9 Å². The predicted molar refractivity (Wildman–Crippen MR) is 373 cm³/mol. The molecule has 3 N–H and O–H groups in total. The number of nitrogens with one attached hydrogen (secondary N) is 3. The maximum atomic E-state index is 13.9. The lowest BCUT2D eigenvalue weighted by Gasteiger charge is -2.40. The molecule has 21 heteroatoms. The second-order valence-electron chi connectivity index (χ2n) is 26.7. The first-order chi connectivity index (χ1) is 47.1. The zero-order valence-corrected chi connectivity index (χ0v) is 57.8. The number of hydrogen-bond acceptors (Lipinski definition) is 15. The van der Waals surface area contributed by atoms with Crippen LogP contribution in [0.3, 0.4) is 0 Å². The molecule has 0 aliphatic carbocycles. The zero-order valence-electron chi connectivity index (χ0n) is 56.9.